The number of hydrogen-bond donors (Lipinski definition) is 1. The average Bonchev–Trinajstić information content (AvgIpc) is 3.30. The Balaban J connectivity index is 1.61. The molecule has 0 fully saturated rings. The Morgan fingerprint density at radius 3 is 2.35 bits per heavy atom. The van der Waals surface area contributed by atoms with E-state index in [2.05, 4.69) is 108 Å². The summed E-state index contributed by atoms with van der Waals surface area (Å²) in [6.07, 6.45) is 3.49. The standard InChI is InChI=1S/C34H25N3/c1-2-23(20-28(36)22-35)25-10-8-11-26(19-25)27-16-17-32-31(21-27)34-30-14-7-6-9-24(30)15-18-33(34)37(32)29-12-4-3-5-13-29/h2-21,28H,1,36H2/b23-20+. The number of benzene rings is 5. The third-order valence-electron chi connectivity index (χ3n) is 6.93. The van der Waals surface area contributed by atoms with Gasteiger partial charge in [-0.05, 0) is 75.5 Å². The Morgan fingerprint density at radius 1 is 0.784 bits per heavy atom. The Morgan fingerprint density at radius 2 is 1.54 bits per heavy atom. The van der Waals surface area contributed by atoms with Gasteiger partial charge in [0.2, 0.25) is 0 Å². The van der Waals surface area contributed by atoms with E-state index in [0.29, 0.717) is 0 Å². The first-order chi connectivity index (χ1) is 18.2. The molecule has 0 saturated carbocycles. The summed E-state index contributed by atoms with van der Waals surface area (Å²) in [7, 11) is 0. The molecule has 0 aliphatic rings. The Kier molecular flexibility index (Phi) is 5.65. The highest BCUT2D eigenvalue weighted by atomic mass is 15.0. The summed E-state index contributed by atoms with van der Waals surface area (Å²) in [6, 6.07) is 39.9. The second-order valence-electron chi connectivity index (χ2n) is 9.15. The molecule has 0 spiro atoms. The summed E-state index contributed by atoms with van der Waals surface area (Å²) in [4.78, 5) is 0. The lowest BCUT2D eigenvalue weighted by Gasteiger charge is -2.09. The van der Waals surface area contributed by atoms with Crippen LogP contribution in [-0.4, -0.2) is 10.6 Å². The van der Waals surface area contributed by atoms with Crippen LogP contribution < -0.4 is 5.73 Å². The number of allylic oxidation sites excluding steroid dienone is 2. The Hall–Kier alpha value is -4.91. The maximum atomic E-state index is 9.15. The fraction of sp³-hybridized carbons (Fsp3) is 0.0294. The molecule has 3 nitrogen and oxygen atoms in total. The molecule has 6 rings (SSSR count). The minimum atomic E-state index is -0.676. The van der Waals surface area contributed by atoms with Gasteiger partial charge >= 0.3 is 0 Å². The molecule has 1 unspecified atom stereocenters. The van der Waals surface area contributed by atoms with Gasteiger partial charge in [0.15, 0.2) is 0 Å². The largest absolute Gasteiger partial charge is 0.313 e. The SMILES string of the molecule is C=C/C(=C\C(N)C#N)c1cccc(-c2ccc3c(c2)c2c4ccccc4ccc2n3-c2ccccc2)c1. The van der Waals surface area contributed by atoms with Gasteiger partial charge in [-0.3, -0.25) is 0 Å². The predicted molar refractivity (Wildman–Crippen MR) is 155 cm³/mol. The minimum absolute atomic E-state index is 0.676. The zero-order chi connectivity index (χ0) is 25.4. The van der Waals surface area contributed by atoms with Crippen LogP contribution in [-0.2, 0) is 0 Å². The van der Waals surface area contributed by atoms with E-state index in [9.17, 15) is 0 Å². The number of nitriles is 1. The van der Waals surface area contributed by atoms with Crippen molar-refractivity contribution in [2.45, 2.75) is 6.04 Å². The highest BCUT2D eigenvalue weighted by molar-refractivity contribution is 6.21. The number of fused-ring (bicyclic) bond motifs is 5. The molecular formula is C34H25N3. The van der Waals surface area contributed by atoms with Crippen molar-refractivity contribution in [2.75, 3.05) is 0 Å². The molecule has 1 atom stereocenters. The smallest absolute Gasteiger partial charge is 0.112 e. The summed E-state index contributed by atoms with van der Waals surface area (Å²) in [5.74, 6) is 0. The van der Waals surface area contributed by atoms with Crippen LogP contribution >= 0.6 is 0 Å². The maximum Gasteiger partial charge on any atom is 0.112 e. The minimum Gasteiger partial charge on any atom is -0.313 e. The lowest BCUT2D eigenvalue weighted by Crippen LogP contribution is -2.13. The van der Waals surface area contributed by atoms with E-state index in [1.54, 1.807) is 12.2 Å². The molecule has 37 heavy (non-hydrogen) atoms. The van der Waals surface area contributed by atoms with Crippen molar-refractivity contribution in [3.05, 3.63) is 133 Å². The van der Waals surface area contributed by atoms with Gasteiger partial charge in [-0.1, -0.05) is 85.5 Å². The predicted octanol–water partition coefficient (Wildman–Crippen LogP) is 8.02. The van der Waals surface area contributed by atoms with Crippen LogP contribution in [0.15, 0.2) is 128 Å². The van der Waals surface area contributed by atoms with Crippen LogP contribution in [0.5, 0.6) is 0 Å². The van der Waals surface area contributed by atoms with Crippen LogP contribution in [0.25, 0.3) is 55.0 Å². The molecule has 5 aromatic carbocycles. The summed E-state index contributed by atoms with van der Waals surface area (Å²) in [5.41, 5.74) is 13.4. The van der Waals surface area contributed by atoms with Gasteiger partial charge in [-0.2, -0.15) is 5.26 Å². The molecule has 3 heteroatoms. The fourth-order valence-corrected chi connectivity index (χ4v) is 5.22. The number of rotatable bonds is 5. The van der Waals surface area contributed by atoms with Crippen LogP contribution in [0.4, 0.5) is 0 Å². The Labute approximate surface area is 216 Å². The normalized spacial score (nSPS) is 12.6. The maximum absolute atomic E-state index is 9.15. The topological polar surface area (TPSA) is 54.7 Å². The van der Waals surface area contributed by atoms with Gasteiger partial charge in [-0.15, -0.1) is 0 Å². The molecule has 1 heterocycles. The zero-order valence-electron chi connectivity index (χ0n) is 20.3. The van der Waals surface area contributed by atoms with Crippen molar-refractivity contribution in [3.63, 3.8) is 0 Å². The van der Waals surface area contributed by atoms with Gasteiger partial charge < -0.3 is 10.3 Å². The van der Waals surface area contributed by atoms with E-state index in [4.69, 9.17) is 11.0 Å². The van der Waals surface area contributed by atoms with Gasteiger partial charge in [-0.25, -0.2) is 0 Å². The number of nitrogens with zero attached hydrogens (tertiary/aromatic N) is 2. The molecule has 0 amide bonds. The summed E-state index contributed by atoms with van der Waals surface area (Å²) < 4.78 is 2.35. The fourth-order valence-electron chi connectivity index (χ4n) is 5.22. The highest BCUT2D eigenvalue weighted by Gasteiger charge is 2.16. The lowest BCUT2D eigenvalue weighted by atomic mass is 9.96. The molecule has 0 aliphatic heterocycles. The van der Waals surface area contributed by atoms with Gasteiger partial charge in [0.25, 0.3) is 0 Å². The van der Waals surface area contributed by atoms with Gasteiger partial charge in [0.1, 0.15) is 6.04 Å². The van der Waals surface area contributed by atoms with Crippen LogP contribution in [0.1, 0.15) is 5.56 Å². The Bertz CT molecular complexity index is 1870. The quantitative estimate of drug-likeness (QED) is 0.257. The van der Waals surface area contributed by atoms with E-state index < -0.39 is 6.04 Å². The zero-order valence-corrected chi connectivity index (χ0v) is 20.3. The molecule has 176 valence electrons. The lowest BCUT2D eigenvalue weighted by molar-refractivity contribution is 1.04. The molecule has 0 aliphatic carbocycles. The van der Waals surface area contributed by atoms with Crippen molar-refractivity contribution < 1.29 is 0 Å². The summed E-state index contributed by atoms with van der Waals surface area (Å²) in [5, 5.41) is 14.1. The van der Waals surface area contributed by atoms with E-state index in [0.717, 1.165) is 28.0 Å². The second kappa shape index (κ2) is 9.28. The molecule has 0 saturated heterocycles. The van der Waals surface area contributed by atoms with Crippen molar-refractivity contribution in [3.8, 4) is 22.9 Å². The van der Waals surface area contributed by atoms with Crippen LogP contribution in [0, 0.1) is 11.3 Å². The molecule has 6 aromatic rings. The molecule has 1 aromatic heterocycles. The number of nitrogens with two attached hydrogens (primary N) is 1. The number of para-hydroxylation sites is 1. The van der Waals surface area contributed by atoms with Crippen LogP contribution in [0.2, 0.25) is 0 Å². The van der Waals surface area contributed by atoms with E-state index in [1.165, 1.54) is 32.6 Å². The van der Waals surface area contributed by atoms with Crippen molar-refractivity contribution >= 4 is 38.2 Å². The molecular weight excluding hydrogens is 450 g/mol. The van der Waals surface area contributed by atoms with E-state index in [1.807, 2.05) is 18.2 Å². The summed E-state index contributed by atoms with van der Waals surface area (Å²) >= 11 is 0. The third-order valence-corrected chi connectivity index (χ3v) is 6.93. The van der Waals surface area contributed by atoms with Crippen molar-refractivity contribution in [1.82, 2.24) is 4.57 Å². The second-order valence-corrected chi connectivity index (χ2v) is 9.15. The molecule has 0 bridgehead atoms. The summed E-state index contributed by atoms with van der Waals surface area (Å²) in [6.45, 7) is 3.93. The monoisotopic (exact) mass is 475 g/mol. The number of aromatic nitrogens is 1. The van der Waals surface area contributed by atoms with E-state index in [-0.39, 0.29) is 0 Å². The van der Waals surface area contributed by atoms with Crippen molar-refractivity contribution in [1.29, 1.82) is 5.26 Å². The van der Waals surface area contributed by atoms with Crippen molar-refractivity contribution in [2.24, 2.45) is 5.73 Å². The van der Waals surface area contributed by atoms with Gasteiger partial charge in [0.05, 0.1) is 17.1 Å². The highest BCUT2D eigenvalue weighted by Crippen LogP contribution is 2.39. The first-order valence-electron chi connectivity index (χ1n) is 12.3. The van der Waals surface area contributed by atoms with Crippen LogP contribution in [0.3, 0.4) is 0 Å². The average molecular weight is 476 g/mol. The first-order valence-corrected chi connectivity index (χ1v) is 12.3. The molecule has 2 N–H and O–H groups in total. The van der Waals surface area contributed by atoms with Gasteiger partial charge in [0, 0.05) is 16.5 Å². The van der Waals surface area contributed by atoms with E-state index >= 15 is 0 Å². The third kappa shape index (κ3) is 3.90. The molecule has 0 radical (unpaired) electrons. The first kappa shape index (κ1) is 22.5. The number of hydrogen-bond acceptors (Lipinski definition) is 2.